The molecule has 3 aliphatic rings. The van der Waals surface area contributed by atoms with Gasteiger partial charge < -0.3 is 35.8 Å². The molecule has 2 saturated carbocycles. The van der Waals surface area contributed by atoms with E-state index in [0.29, 0.717) is 30.8 Å². The molecule has 2 fully saturated rings. The van der Waals surface area contributed by atoms with Crippen LogP contribution in [0.2, 0.25) is 5.02 Å². The Balaban J connectivity index is 0.000000279. The van der Waals surface area contributed by atoms with E-state index in [-0.39, 0.29) is 58.3 Å². The van der Waals surface area contributed by atoms with E-state index in [1.54, 1.807) is 12.1 Å². The van der Waals surface area contributed by atoms with Gasteiger partial charge in [0.15, 0.2) is 5.82 Å². The highest BCUT2D eigenvalue weighted by atomic mass is 35.5. The average Bonchev–Trinajstić information content (AvgIpc) is 3.34. The number of carbonyl (C=O) groups excluding carboxylic acids is 2. The van der Waals surface area contributed by atoms with Crippen LogP contribution in [0.3, 0.4) is 0 Å². The average molecular weight is 749 g/mol. The van der Waals surface area contributed by atoms with Crippen molar-refractivity contribution in [3.63, 3.8) is 0 Å². The van der Waals surface area contributed by atoms with Gasteiger partial charge in [-0.1, -0.05) is 31.5 Å². The number of aromatic nitrogens is 2. The van der Waals surface area contributed by atoms with E-state index in [9.17, 15) is 32.6 Å². The Morgan fingerprint density at radius 2 is 1.96 bits per heavy atom. The van der Waals surface area contributed by atoms with E-state index in [1.807, 2.05) is 31.7 Å². The Morgan fingerprint density at radius 1 is 1.22 bits per heavy atom. The fourth-order valence-electron chi connectivity index (χ4n) is 7.20. The van der Waals surface area contributed by atoms with Crippen molar-refractivity contribution in [2.75, 3.05) is 54.6 Å². The van der Waals surface area contributed by atoms with Gasteiger partial charge in [-0.05, 0) is 55.4 Å². The van der Waals surface area contributed by atoms with Crippen LogP contribution in [-0.2, 0) is 14.9 Å². The molecule has 1 aromatic heterocycles. The van der Waals surface area contributed by atoms with Crippen molar-refractivity contribution in [2.24, 2.45) is 16.7 Å². The number of amides is 1. The van der Waals surface area contributed by atoms with Crippen molar-refractivity contribution >= 4 is 62.2 Å². The zero-order valence-electron chi connectivity index (χ0n) is 28.7. The quantitative estimate of drug-likeness (QED) is 0.169. The molecular weight excluding hydrogens is 707 g/mol. The Labute approximate surface area is 300 Å². The van der Waals surface area contributed by atoms with Crippen LogP contribution in [0.4, 0.5) is 33.2 Å². The Bertz CT molecular complexity index is 1930. The van der Waals surface area contributed by atoms with Gasteiger partial charge in [-0.25, -0.2) is 9.37 Å². The van der Waals surface area contributed by atoms with Crippen molar-refractivity contribution in [1.82, 2.24) is 15.3 Å². The predicted octanol–water partition coefficient (Wildman–Crippen LogP) is 4.33. The molecule has 3 aromatic rings. The summed E-state index contributed by atoms with van der Waals surface area (Å²) < 4.78 is 51.3. The molecule has 1 amide bonds. The second-order valence-corrected chi connectivity index (χ2v) is 15.5. The summed E-state index contributed by atoms with van der Waals surface area (Å²) in [5.74, 6) is -0.449. The summed E-state index contributed by atoms with van der Waals surface area (Å²) in [7, 11) is -2.63. The van der Waals surface area contributed by atoms with Crippen LogP contribution in [0, 0.1) is 22.6 Å². The standard InChI is InChI=1S/C24H26ClFN6O4.C10H16O4S/c1-3-32-11-24(35,12-33)13-36-19-9-14(7-8-18(19)32)29-23-28-10-16(25)21(31-23)30-20-15(22(34)27-2)5-4-6-17(20)26;1-9(2)7-3-4-10(9,8(11)5-7)6-15(12,13)14/h4-10,33,35H,3,11-13H2,1-2H3,(H,27,34)(H2,28,29,30,31);7H,3-6H2,1-2H3,(H,12,13,14). The highest BCUT2D eigenvalue weighted by Gasteiger charge is 2.65. The third kappa shape index (κ3) is 7.74. The van der Waals surface area contributed by atoms with Gasteiger partial charge in [0.25, 0.3) is 16.0 Å². The fraction of sp³-hybridized carbons (Fsp3) is 0.471. The minimum Gasteiger partial charge on any atom is -0.488 e. The number of para-hydroxylation sites is 1. The Kier molecular flexibility index (Phi) is 10.8. The van der Waals surface area contributed by atoms with Crippen molar-refractivity contribution in [3.8, 4) is 5.75 Å². The van der Waals surface area contributed by atoms with Gasteiger partial charge in [0.05, 0.1) is 47.5 Å². The lowest BCUT2D eigenvalue weighted by Crippen LogP contribution is -2.48. The van der Waals surface area contributed by atoms with Crippen LogP contribution in [-0.4, -0.2) is 89.5 Å². The number of hydrogen-bond donors (Lipinski definition) is 6. The maximum absolute atomic E-state index is 14.6. The SMILES string of the molecule is CC1(C)C2CCC1(CS(=O)(=O)O)C(=O)C2.CCN1CC(O)(CO)COc2cc(Nc3ncc(Cl)c(Nc4c(F)cccc4C(=O)NC)n3)ccc21. The van der Waals surface area contributed by atoms with Crippen molar-refractivity contribution in [3.05, 3.63) is 59.0 Å². The highest BCUT2D eigenvalue weighted by molar-refractivity contribution is 7.85. The number of Topliss-reactive ketones (excluding diaryl/α,β-unsaturated/α-hetero) is 1. The molecule has 6 rings (SSSR count). The van der Waals surface area contributed by atoms with Gasteiger partial charge in [0.1, 0.15) is 34.6 Å². The Hall–Kier alpha value is -4.09. The number of aliphatic hydroxyl groups excluding tert-OH is 1. The monoisotopic (exact) mass is 748 g/mol. The number of nitrogens with zero attached hydrogens (tertiary/aromatic N) is 3. The number of ether oxygens (including phenoxy) is 1. The molecule has 2 bridgehead atoms. The number of fused-ring (bicyclic) bond motifs is 3. The summed E-state index contributed by atoms with van der Waals surface area (Å²) >= 11 is 6.24. The minimum atomic E-state index is -4.08. The molecule has 14 nitrogen and oxygen atoms in total. The van der Waals surface area contributed by atoms with Gasteiger partial charge in [0.2, 0.25) is 5.95 Å². The number of hydrogen-bond acceptors (Lipinski definition) is 12. The normalized spacial score (nSPS) is 23.4. The summed E-state index contributed by atoms with van der Waals surface area (Å²) in [5.41, 5.74) is -1.13. The van der Waals surface area contributed by atoms with E-state index in [2.05, 4.69) is 25.9 Å². The summed E-state index contributed by atoms with van der Waals surface area (Å²) in [4.78, 5) is 34.5. The van der Waals surface area contributed by atoms with Crippen LogP contribution in [0.25, 0.3) is 0 Å². The third-order valence-electron chi connectivity index (χ3n) is 10.3. The number of carbonyl (C=O) groups is 2. The van der Waals surface area contributed by atoms with E-state index < -0.39 is 45.2 Å². The van der Waals surface area contributed by atoms with Gasteiger partial charge >= 0.3 is 0 Å². The largest absolute Gasteiger partial charge is 0.488 e. The maximum Gasteiger partial charge on any atom is 0.265 e. The molecule has 0 radical (unpaired) electrons. The topological polar surface area (TPSA) is 203 Å². The molecule has 2 heterocycles. The first-order chi connectivity index (χ1) is 24.0. The van der Waals surface area contributed by atoms with Crippen LogP contribution in [0.5, 0.6) is 5.75 Å². The first-order valence-electron chi connectivity index (χ1n) is 16.4. The van der Waals surface area contributed by atoms with E-state index in [4.69, 9.17) is 20.9 Å². The molecule has 2 aromatic carbocycles. The number of benzene rings is 2. The molecule has 0 spiro atoms. The maximum atomic E-state index is 14.6. The fourth-order valence-corrected chi connectivity index (χ4v) is 8.64. The van der Waals surface area contributed by atoms with Crippen LogP contribution >= 0.6 is 11.6 Å². The van der Waals surface area contributed by atoms with Crippen molar-refractivity contribution < 1.29 is 41.9 Å². The molecule has 2 aliphatic carbocycles. The molecule has 1 aliphatic heterocycles. The molecule has 0 saturated heterocycles. The number of β-amino-alcohol motifs (C(OH)–C–C–N with tert-alkyl or cyclic N) is 1. The minimum absolute atomic E-state index is 0.0152. The zero-order chi connectivity index (χ0) is 37.4. The number of ketones is 1. The number of aliphatic hydroxyl groups is 2. The molecule has 3 atom stereocenters. The molecule has 3 unspecified atom stereocenters. The van der Waals surface area contributed by atoms with E-state index >= 15 is 0 Å². The number of likely N-dealkylation sites (N-methyl/N-ethyl adjacent to an activating group) is 1. The first kappa shape index (κ1) is 38.1. The number of nitrogens with one attached hydrogen (secondary N) is 3. The van der Waals surface area contributed by atoms with Crippen LogP contribution < -0.4 is 25.6 Å². The van der Waals surface area contributed by atoms with Crippen LogP contribution in [0.1, 0.15) is 50.4 Å². The highest BCUT2D eigenvalue weighted by Crippen LogP contribution is 2.64. The predicted molar refractivity (Wildman–Crippen MR) is 190 cm³/mol. The molecule has 276 valence electrons. The van der Waals surface area contributed by atoms with Crippen LogP contribution in [0.15, 0.2) is 42.6 Å². The lowest BCUT2D eigenvalue weighted by Gasteiger charge is -2.35. The first-order valence-corrected chi connectivity index (χ1v) is 18.3. The summed E-state index contributed by atoms with van der Waals surface area (Å²) in [6, 6.07) is 9.48. The molecule has 6 N–H and O–H groups in total. The number of rotatable bonds is 9. The van der Waals surface area contributed by atoms with E-state index in [1.165, 1.54) is 31.4 Å². The molecule has 51 heavy (non-hydrogen) atoms. The van der Waals surface area contributed by atoms with Crippen molar-refractivity contribution in [1.29, 1.82) is 0 Å². The van der Waals surface area contributed by atoms with E-state index in [0.717, 1.165) is 12.1 Å². The second-order valence-electron chi connectivity index (χ2n) is 13.6. The Morgan fingerprint density at radius 3 is 2.57 bits per heavy atom. The molecule has 17 heteroatoms. The summed E-state index contributed by atoms with van der Waals surface area (Å²) in [6.07, 6.45) is 3.32. The van der Waals surface area contributed by atoms with Gasteiger partial charge in [-0.15, -0.1) is 0 Å². The summed E-state index contributed by atoms with van der Waals surface area (Å²) in [6.45, 7) is 6.17. The second kappa shape index (κ2) is 14.5. The van der Waals surface area contributed by atoms with Gasteiger partial charge in [-0.3, -0.25) is 14.1 Å². The number of anilines is 5. The molecular formula is C34H42ClFN6O8S. The van der Waals surface area contributed by atoms with Gasteiger partial charge in [0, 0.05) is 31.8 Å². The summed E-state index contributed by atoms with van der Waals surface area (Å²) in [5, 5.41) is 28.6. The lowest BCUT2D eigenvalue weighted by molar-refractivity contribution is -0.128. The lowest BCUT2D eigenvalue weighted by atomic mass is 9.70. The zero-order valence-corrected chi connectivity index (χ0v) is 30.2. The smallest absolute Gasteiger partial charge is 0.265 e. The number of halogens is 2. The third-order valence-corrected chi connectivity index (χ3v) is 11.4. The van der Waals surface area contributed by atoms with Gasteiger partial charge in [-0.2, -0.15) is 13.4 Å². The van der Waals surface area contributed by atoms with Crippen molar-refractivity contribution in [2.45, 2.75) is 45.6 Å².